The average Bonchev–Trinajstić information content (AvgIpc) is 2.62. The van der Waals surface area contributed by atoms with Crippen LogP contribution in [0.3, 0.4) is 0 Å². The predicted molar refractivity (Wildman–Crippen MR) is 93.7 cm³/mol. The van der Waals surface area contributed by atoms with E-state index in [1.165, 1.54) is 22.6 Å². The summed E-state index contributed by atoms with van der Waals surface area (Å²) in [7, 11) is -3.49. The molecule has 0 saturated carbocycles. The van der Waals surface area contributed by atoms with Gasteiger partial charge in [0.05, 0.1) is 11.1 Å². The molecule has 1 aliphatic rings. The minimum absolute atomic E-state index is 0.158. The van der Waals surface area contributed by atoms with E-state index < -0.39 is 10.0 Å². The van der Waals surface area contributed by atoms with Crippen LogP contribution < -0.4 is 11.1 Å². The number of nitrogens with one attached hydrogen (secondary N) is 1. The average molecular weight is 364 g/mol. The highest BCUT2D eigenvalue weighted by Crippen LogP contribution is 2.22. The summed E-state index contributed by atoms with van der Waals surface area (Å²) in [5, 5.41) is 3.29. The number of hydrogen-bond donors (Lipinski definition) is 2. The van der Waals surface area contributed by atoms with Crippen LogP contribution in [0.1, 0.15) is 18.4 Å². The smallest absolute Gasteiger partial charge is 0.243 e. The zero-order valence-electron chi connectivity index (χ0n) is 13.7. The SMILES string of the molecule is Nc1ccc(S(=O)(=O)N2CCC(NCc3ccncc3F)CC2)cc1. The lowest BCUT2D eigenvalue weighted by molar-refractivity contribution is 0.288. The molecule has 0 unspecified atom stereocenters. The Hall–Kier alpha value is -2.03. The summed E-state index contributed by atoms with van der Waals surface area (Å²) in [5.41, 5.74) is 6.71. The lowest BCUT2D eigenvalue weighted by atomic mass is 10.1. The van der Waals surface area contributed by atoms with Crippen LogP contribution >= 0.6 is 0 Å². The molecule has 2 aromatic rings. The summed E-state index contributed by atoms with van der Waals surface area (Å²) < 4.78 is 40.3. The van der Waals surface area contributed by atoms with Crippen molar-refractivity contribution in [2.24, 2.45) is 0 Å². The molecule has 0 atom stereocenters. The third-order valence-corrected chi connectivity index (χ3v) is 6.32. The van der Waals surface area contributed by atoms with Crippen LogP contribution in [0.25, 0.3) is 0 Å². The number of aromatic nitrogens is 1. The Balaban J connectivity index is 1.56. The van der Waals surface area contributed by atoms with Crippen LogP contribution in [0.15, 0.2) is 47.6 Å². The maximum Gasteiger partial charge on any atom is 0.243 e. The van der Waals surface area contributed by atoms with Crippen molar-refractivity contribution in [2.45, 2.75) is 30.3 Å². The number of hydrogen-bond acceptors (Lipinski definition) is 5. The molecule has 1 aliphatic heterocycles. The number of benzene rings is 1. The minimum Gasteiger partial charge on any atom is -0.399 e. The zero-order valence-corrected chi connectivity index (χ0v) is 14.5. The molecule has 0 spiro atoms. The fraction of sp³-hybridized carbons (Fsp3) is 0.353. The van der Waals surface area contributed by atoms with E-state index in [4.69, 9.17) is 5.73 Å². The van der Waals surface area contributed by atoms with E-state index in [-0.39, 0.29) is 16.8 Å². The number of pyridine rings is 1. The van der Waals surface area contributed by atoms with Crippen molar-refractivity contribution in [1.29, 1.82) is 0 Å². The van der Waals surface area contributed by atoms with E-state index in [1.54, 1.807) is 24.4 Å². The van der Waals surface area contributed by atoms with Crippen LogP contribution in [-0.2, 0) is 16.6 Å². The van der Waals surface area contributed by atoms with E-state index in [9.17, 15) is 12.8 Å². The summed E-state index contributed by atoms with van der Waals surface area (Å²) >= 11 is 0. The molecule has 3 N–H and O–H groups in total. The molecule has 8 heteroatoms. The molecule has 0 amide bonds. The fourth-order valence-electron chi connectivity index (χ4n) is 2.89. The Labute approximate surface area is 146 Å². The van der Waals surface area contributed by atoms with Gasteiger partial charge in [-0.2, -0.15) is 4.31 Å². The summed E-state index contributed by atoms with van der Waals surface area (Å²) in [6.07, 6.45) is 4.11. The van der Waals surface area contributed by atoms with Gasteiger partial charge in [-0.15, -0.1) is 0 Å². The van der Waals surface area contributed by atoms with Crippen molar-refractivity contribution in [3.05, 3.63) is 54.1 Å². The molecule has 6 nitrogen and oxygen atoms in total. The first-order valence-corrected chi connectivity index (χ1v) is 9.58. The number of rotatable bonds is 5. The predicted octanol–water partition coefficient (Wildman–Crippen LogP) is 1.75. The van der Waals surface area contributed by atoms with Gasteiger partial charge in [0.1, 0.15) is 5.82 Å². The molecule has 1 saturated heterocycles. The topological polar surface area (TPSA) is 88.3 Å². The Morgan fingerprint density at radius 2 is 1.88 bits per heavy atom. The molecule has 0 aliphatic carbocycles. The minimum atomic E-state index is -3.49. The summed E-state index contributed by atoms with van der Waals surface area (Å²) in [5.74, 6) is -0.335. The molecule has 0 radical (unpaired) electrons. The molecule has 134 valence electrons. The van der Waals surface area contributed by atoms with Gasteiger partial charge in [0.2, 0.25) is 10.0 Å². The zero-order chi connectivity index (χ0) is 17.9. The fourth-order valence-corrected chi connectivity index (χ4v) is 4.36. The molecular weight excluding hydrogens is 343 g/mol. The van der Waals surface area contributed by atoms with E-state index in [0.717, 1.165) is 0 Å². The molecule has 3 rings (SSSR count). The van der Waals surface area contributed by atoms with Gasteiger partial charge in [0, 0.05) is 43.1 Å². The van der Waals surface area contributed by atoms with Gasteiger partial charge < -0.3 is 11.1 Å². The molecule has 1 aromatic carbocycles. The molecular formula is C17H21FN4O2S. The van der Waals surface area contributed by atoms with Gasteiger partial charge in [0.15, 0.2) is 0 Å². The first-order chi connectivity index (χ1) is 12.0. The first kappa shape index (κ1) is 17.8. The molecule has 1 fully saturated rings. The van der Waals surface area contributed by atoms with Gasteiger partial charge in [-0.3, -0.25) is 4.98 Å². The highest BCUT2D eigenvalue weighted by molar-refractivity contribution is 7.89. The van der Waals surface area contributed by atoms with E-state index >= 15 is 0 Å². The Morgan fingerprint density at radius 3 is 2.52 bits per heavy atom. The summed E-state index contributed by atoms with van der Waals surface area (Å²) in [6, 6.07) is 8.03. The second kappa shape index (κ2) is 7.47. The molecule has 2 heterocycles. The number of sulfonamides is 1. The van der Waals surface area contributed by atoms with E-state index in [2.05, 4.69) is 10.3 Å². The van der Waals surface area contributed by atoms with Crippen molar-refractivity contribution >= 4 is 15.7 Å². The lowest BCUT2D eigenvalue weighted by Gasteiger charge is -2.31. The maximum absolute atomic E-state index is 13.6. The quantitative estimate of drug-likeness (QED) is 0.789. The first-order valence-electron chi connectivity index (χ1n) is 8.14. The third-order valence-electron chi connectivity index (χ3n) is 4.41. The molecule has 0 bridgehead atoms. The highest BCUT2D eigenvalue weighted by Gasteiger charge is 2.29. The third kappa shape index (κ3) is 4.15. The second-order valence-electron chi connectivity index (χ2n) is 6.10. The summed E-state index contributed by atoms with van der Waals surface area (Å²) in [6.45, 7) is 1.27. The lowest BCUT2D eigenvalue weighted by Crippen LogP contribution is -2.44. The van der Waals surface area contributed by atoms with E-state index in [1.807, 2.05) is 0 Å². The maximum atomic E-state index is 13.6. The normalized spacial score (nSPS) is 16.8. The molecule has 25 heavy (non-hydrogen) atoms. The van der Waals surface area contributed by atoms with Crippen molar-refractivity contribution in [1.82, 2.24) is 14.6 Å². The van der Waals surface area contributed by atoms with Crippen molar-refractivity contribution in [3.8, 4) is 0 Å². The van der Waals surface area contributed by atoms with E-state index in [0.29, 0.717) is 43.7 Å². The van der Waals surface area contributed by atoms with Gasteiger partial charge in [-0.25, -0.2) is 12.8 Å². The number of nitrogen functional groups attached to an aromatic ring is 1. The van der Waals surface area contributed by atoms with Gasteiger partial charge in [0.25, 0.3) is 0 Å². The van der Waals surface area contributed by atoms with Crippen molar-refractivity contribution in [2.75, 3.05) is 18.8 Å². The monoisotopic (exact) mass is 364 g/mol. The Bertz CT molecular complexity index is 819. The number of piperidine rings is 1. The Morgan fingerprint density at radius 1 is 1.20 bits per heavy atom. The second-order valence-corrected chi connectivity index (χ2v) is 8.03. The van der Waals surface area contributed by atoms with Gasteiger partial charge >= 0.3 is 0 Å². The van der Waals surface area contributed by atoms with Gasteiger partial charge in [-0.05, 0) is 43.2 Å². The number of nitrogens with zero attached hydrogens (tertiary/aromatic N) is 2. The van der Waals surface area contributed by atoms with Crippen LogP contribution in [0, 0.1) is 5.82 Å². The van der Waals surface area contributed by atoms with Crippen molar-refractivity contribution < 1.29 is 12.8 Å². The summed E-state index contributed by atoms with van der Waals surface area (Å²) in [4.78, 5) is 3.98. The number of halogens is 1. The van der Waals surface area contributed by atoms with Crippen LogP contribution in [-0.4, -0.2) is 36.8 Å². The standard InChI is InChI=1S/C17H21FN4O2S/c18-17-12-20-8-5-13(17)11-21-15-6-9-22(10-7-15)25(23,24)16-3-1-14(19)2-4-16/h1-5,8,12,15,21H,6-7,9-11,19H2. The van der Waals surface area contributed by atoms with Gasteiger partial charge in [-0.1, -0.05) is 0 Å². The number of anilines is 1. The van der Waals surface area contributed by atoms with Crippen LogP contribution in [0.4, 0.5) is 10.1 Å². The highest BCUT2D eigenvalue weighted by atomic mass is 32.2. The molecule has 1 aromatic heterocycles. The number of nitrogens with two attached hydrogens (primary N) is 1. The van der Waals surface area contributed by atoms with Crippen LogP contribution in [0.5, 0.6) is 0 Å². The Kier molecular flexibility index (Phi) is 5.31. The largest absolute Gasteiger partial charge is 0.399 e. The van der Waals surface area contributed by atoms with Crippen LogP contribution in [0.2, 0.25) is 0 Å². The van der Waals surface area contributed by atoms with Crippen molar-refractivity contribution in [3.63, 3.8) is 0 Å².